The van der Waals surface area contributed by atoms with E-state index in [1.54, 1.807) is 0 Å². The fourth-order valence-corrected chi connectivity index (χ4v) is 1.66. The van der Waals surface area contributed by atoms with Crippen molar-refractivity contribution in [2.24, 2.45) is 5.92 Å². The van der Waals surface area contributed by atoms with Gasteiger partial charge in [0.2, 0.25) is 0 Å². The van der Waals surface area contributed by atoms with E-state index < -0.39 is 0 Å². The van der Waals surface area contributed by atoms with Crippen LogP contribution in [-0.4, -0.2) is 37.6 Å². The van der Waals surface area contributed by atoms with E-state index in [4.69, 9.17) is 0 Å². The minimum absolute atomic E-state index is 0.996. The minimum atomic E-state index is 0.996. The summed E-state index contributed by atoms with van der Waals surface area (Å²) in [6.45, 7) is 10.8. The lowest BCUT2D eigenvalue weighted by atomic mass is 9.98. The Bertz CT molecular complexity index is 108. The molecule has 0 aromatic carbocycles. The van der Waals surface area contributed by atoms with Crippen LogP contribution < -0.4 is 5.32 Å². The molecule has 1 fully saturated rings. The Balaban J connectivity index is 1.83. The average molecular weight is 170 g/mol. The second-order valence-corrected chi connectivity index (χ2v) is 3.78. The molecule has 1 N–H and O–H groups in total. The maximum atomic E-state index is 3.43. The van der Waals surface area contributed by atoms with Crippen molar-refractivity contribution in [2.75, 3.05) is 32.7 Å². The van der Waals surface area contributed by atoms with E-state index >= 15 is 0 Å². The molecule has 1 aliphatic rings. The summed E-state index contributed by atoms with van der Waals surface area (Å²) >= 11 is 0. The summed E-state index contributed by atoms with van der Waals surface area (Å²) in [4.78, 5) is 2.54. The first-order valence-corrected chi connectivity index (χ1v) is 5.29. The summed E-state index contributed by atoms with van der Waals surface area (Å²) in [5, 5.41) is 3.43. The molecule has 0 aliphatic carbocycles. The highest BCUT2D eigenvalue weighted by Gasteiger charge is 2.23. The highest BCUT2D eigenvalue weighted by molar-refractivity contribution is 4.78. The molecule has 0 unspecified atom stereocenters. The number of likely N-dealkylation sites (tertiary alicyclic amines) is 1. The molecule has 1 aliphatic heterocycles. The van der Waals surface area contributed by atoms with Gasteiger partial charge in [-0.25, -0.2) is 0 Å². The topological polar surface area (TPSA) is 15.3 Å². The summed E-state index contributed by atoms with van der Waals surface area (Å²) in [5.74, 6) is 0.996. The molecule has 0 amide bonds. The monoisotopic (exact) mass is 170 g/mol. The fraction of sp³-hybridized carbons (Fsp3) is 1.00. The first-order valence-electron chi connectivity index (χ1n) is 5.29. The van der Waals surface area contributed by atoms with Gasteiger partial charge in [0, 0.05) is 26.2 Å². The van der Waals surface area contributed by atoms with Crippen LogP contribution >= 0.6 is 0 Å². The molecule has 0 bridgehead atoms. The maximum absolute atomic E-state index is 3.43. The van der Waals surface area contributed by atoms with E-state index in [1.165, 1.54) is 45.6 Å². The first-order chi connectivity index (χ1) is 5.86. The SMILES string of the molecule is CCCNCCN1CC(CC)C1. The number of rotatable bonds is 6. The van der Waals surface area contributed by atoms with Crippen LogP contribution in [0.25, 0.3) is 0 Å². The van der Waals surface area contributed by atoms with Crippen LogP contribution in [0.15, 0.2) is 0 Å². The summed E-state index contributed by atoms with van der Waals surface area (Å²) < 4.78 is 0. The van der Waals surface area contributed by atoms with Crippen molar-refractivity contribution in [3.8, 4) is 0 Å². The van der Waals surface area contributed by atoms with Gasteiger partial charge in [-0.3, -0.25) is 0 Å². The zero-order chi connectivity index (χ0) is 8.81. The Kier molecular flexibility index (Phi) is 4.62. The van der Waals surface area contributed by atoms with Gasteiger partial charge in [-0.1, -0.05) is 20.3 Å². The van der Waals surface area contributed by atoms with Gasteiger partial charge in [-0.05, 0) is 18.9 Å². The van der Waals surface area contributed by atoms with Crippen LogP contribution in [0.4, 0.5) is 0 Å². The Labute approximate surface area is 76.3 Å². The summed E-state index contributed by atoms with van der Waals surface area (Å²) in [6.07, 6.45) is 2.61. The van der Waals surface area contributed by atoms with Crippen LogP contribution in [0.5, 0.6) is 0 Å². The third kappa shape index (κ3) is 3.11. The van der Waals surface area contributed by atoms with Gasteiger partial charge in [0.25, 0.3) is 0 Å². The number of hydrogen-bond acceptors (Lipinski definition) is 2. The third-order valence-corrected chi connectivity index (χ3v) is 2.64. The molecular formula is C10H22N2. The molecular weight excluding hydrogens is 148 g/mol. The van der Waals surface area contributed by atoms with Gasteiger partial charge in [0.15, 0.2) is 0 Å². The molecule has 0 spiro atoms. The molecule has 2 nitrogen and oxygen atoms in total. The first kappa shape index (κ1) is 10.0. The van der Waals surface area contributed by atoms with Gasteiger partial charge >= 0.3 is 0 Å². The largest absolute Gasteiger partial charge is 0.315 e. The van der Waals surface area contributed by atoms with Crippen molar-refractivity contribution in [3.05, 3.63) is 0 Å². The van der Waals surface area contributed by atoms with Crippen molar-refractivity contribution in [1.82, 2.24) is 10.2 Å². The zero-order valence-corrected chi connectivity index (χ0v) is 8.47. The van der Waals surface area contributed by atoms with E-state index in [0.717, 1.165) is 5.92 Å². The second-order valence-electron chi connectivity index (χ2n) is 3.78. The van der Waals surface area contributed by atoms with Crippen molar-refractivity contribution < 1.29 is 0 Å². The highest BCUT2D eigenvalue weighted by Crippen LogP contribution is 2.16. The molecule has 0 saturated carbocycles. The minimum Gasteiger partial charge on any atom is -0.315 e. The molecule has 1 saturated heterocycles. The van der Waals surface area contributed by atoms with E-state index in [-0.39, 0.29) is 0 Å². The molecule has 2 heteroatoms. The Hall–Kier alpha value is -0.0800. The Morgan fingerprint density at radius 2 is 2.00 bits per heavy atom. The normalized spacial score (nSPS) is 19.5. The summed E-state index contributed by atoms with van der Waals surface area (Å²) in [6, 6.07) is 0. The van der Waals surface area contributed by atoms with Gasteiger partial charge in [0.1, 0.15) is 0 Å². The molecule has 12 heavy (non-hydrogen) atoms. The quantitative estimate of drug-likeness (QED) is 0.605. The lowest BCUT2D eigenvalue weighted by Gasteiger charge is -2.38. The van der Waals surface area contributed by atoms with Crippen molar-refractivity contribution in [1.29, 1.82) is 0 Å². The Morgan fingerprint density at radius 3 is 2.58 bits per heavy atom. The van der Waals surface area contributed by atoms with Crippen LogP contribution in [0.3, 0.4) is 0 Å². The van der Waals surface area contributed by atoms with Crippen molar-refractivity contribution in [2.45, 2.75) is 26.7 Å². The number of nitrogens with one attached hydrogen (secondary N) is 1. The molecule has 1 heterocycles. The Morgan fingerprint density at radius 1 is 1.25 bits per heavy atom. The average Bonchev–Trinajstić information content (AvgIpc) is 2.01. The predicted molar refractivity (Wildman–Crippen MR) is 53.4 cm³/mol. The van der Waals surface area contributed by atoms with Crippen LogP contribution in [-0.2, 0) is 0 Å². The molecule has 1 rings (SSSR count). The summed E-state index contributed by atoms with van der Waals surface area (Å²) in [7, 11) is 0. The molecule has 72 valence electrons. The van der Waals surface area contributed by atoms with Gasteiger partial charge in [-0.15, -0.1) is 0 Å². The van der Waals surface area contributed by atoms with E-state index in [1.807, 2.05) is 0 Å². The third-order valence-electron chi connectivity index (χ3n) is 2.64. The lowest BCUT2D eigenvalue weighted by molar-refractivity contribution is 0.0991. The molecule has 0 radical (unpaired) electrons. The smallest absolute Gasteiger partial charge is 0.0107 e. The standard InChI is InChI=1S/C10H22N2/c1-3-5-11-6-7-12-8-10(4-2)9-12/h10-11H,3-9H2,1-2H3. The van der Waals surface area contributed by atoms with Crippen LogP contribution in [0.1, 0.15) is 26.7 Å². The highest BCUT2D eigenvalue weighted by atomic mass is 15.2. The lowest BCUT2D eigenvalue weighted by Crippen LogP contribution is -2.48. The van der Waals surface area contributed by atoms with Crippen LogP contribution in [0.2, 0.25) is 0 Å². The van der Waals surface area contributed by atoms with Crippen molar-refractivity contribution in [3.63, 3.8) is 0 Å². The van der Waals surface area contributed by atoms with Gasteiger partial charge in [0.05, 0.1) is 0 Å². The maximum Gasteiger partial charge on any atom is 0.0107 e. The van der Waals surface area contributed by atoms with Gasteiger partial charge < -0.3 is 10.2 Å². The summed E-state index contributed by atoms with van der Waals surface area (Å²) in [5.41, 5.74) is 0. The fourth-order valence-electron chi connectivity index (χ4n) is 1.66. The van der Waals surface area contributed by atoms with E-state index in [9.17, 15) is 0 Å². The molecule has 0 aromatic heterocycles. The number of hydrogen-bond donors (Lipinski definition) is 1. The van der Waals surface area contributed by atoms with Crippen molar-refractivity contribution >= 4 is 0 Å². The predicted octanol–water partition coefficient (Wildman–Crippen LogP) is 1.33. The second kappa shape index (κ2) is 5.55. The molecule has 0 atom stereocenters. The van der Waals surface area contributed by atoms with E-state index in [2.05, 4.69) is 24.1 Å². The molecule has 0 aromatic rings. The van der Waals surface area contributed by atoms with E-state index in [0.29, 0.717) is 0 Å². The zero-order valence-electron chi connectivity index (χ0n) is 8.47. The van der Waals surface area contributed by atoms with Crippen LogP contribution in [0, 0.1) is 5.92 Å². The number of nitrogens with zero attached hydrogens (tertiary/aromatic N) is 1. The van der Waals surface area contributed by atoms with Gasteiger partial charge in [-0.2, -0.15) is 0 Å².